The van der Waals surface area contributed by atoms with Crippen LogP contribution in [0.1, 0.15) is 13.3 Å². The van der Waals surface area contributed by atoms with Gasteiger partial charge in [0, 0.05) is 0 Å². The summed E-state index contributed by atoms with van der Waals surface area (Å²) in [7, 11) is 0. The van der Waals surface area contributed by atoms with Gasteiger partial charge in [0.15, 0.2) is 0 Å². The SMILES string of the molecule is CCSCC1=[C-]CC=C1.[Cl-].[Cl-].[Ti+3]. The Hall–Kier alpha value is 1.12. The third kappa shape index (κ3) is 7.76. The molecular formula is C8H11Cl2STi. The molecule has 0 N–H and O–H groups in total. The van der Waals surface area contributed by atoms with Crippen LogP contribution in [-0.2, 0) is 21.7 Å². The van der Waals surface area contributed by atoms with E-state index in [0.717, 1.165) is 12.2 Å². The van der Waals surface area contributed by atoms with E-state index in [9.17, 15) is 0 Å². The van der Waals surface area contributed by atoms with Crippen LogP contribution in [0.2, 0.25) is 0 Å². The number of allylic oxidation sites excluding steroid dienone is 3. The van der Waals surface area contributed by atoms with Crippen LogP contribution in [-0.4, -0.2) is 11.5 Å². The molecule has 1 aliphatic rings. The maximum atomic E-state index is 3.28. The minimum Gasteiger partial charge on any atom is -1.00 e. The molecule has 0 bridgehead atoms. The Bertz CT molecular complexity index is 146. The summed E-state index contributed by atoms with van der Waals surface area (Å²) in [6.45, 7) is 2.18. The second kappa shape index (κ2) is 12.1. The molecule has 0 nitrogen and oxygen atoms in total. The summed E-state index contributed by atoms with van der Waals surface area (Å²) in [5, 5.41) is 0. The molecule has 0 unspecified atom stereocenters. The maximum absolute atomic E-state index is 3.28. The Morgan fingerprint density at radius 1 is 1.50 bits per heavy atom. The van der Waals surface area contributed by atoms with E-state index in [1.165, 1.54) is 11.3 Å². The molecule has 1 radical (unpaired) electrons. The largest absolute Gasteiger partial charge is 3.00 e. The number of rotatable bonds is 3. The van der Waals surface area contributed by atoms with Crippen molar-refractivity contribution in [3.05, 3.63) is 23.8 Å². The van der Waals surface area contributed by atoms with Crippen molar-refractivity contribution in [2.75, 3.05) is 11.5 Å². The minimum absolute atomic E-state index is 0. The second-order valence-electron chi connectivity index (χ2n) is 1.95. The zero-order chi connectivity index (χ0) is 6.53. The van der Waals surface area contributed by atoms with E-state index in [-0.39, 0.29) is 46.5 Å². The molecule has 0 heterocycles. The van der Waals surface area contributed by atoms with Crippen LogP contribution in [0.15, 0.2) is 17.7 Å². The van der Waals surface area contributed by atoms with Crippen molar-refractivity contribution < 1.29 is 46.5 Å². The minimum atomic E-state index is 0. The molecule has 0 aromatic carbocycles. The third-order valence-corrected chi connectivity index (χ3v) is 2.15. The van der Waals surface area contributed by atoms with Crippen molar-refractivity contribution in [3.8, 4) is 0 Å². The van der Waals surface area contributed by atoms with Crippen LogP contribution >= 0.6 is 11.8 Å². The van der Waals surface area contributed by atoms with E-state index < -0.39 is 0 Å². The van der Waals surface area contributed by atoms with Gasteiger partial charge in [-0.2, -0.15) is 17.8 Å². The number of thioether (sulfide) groups is 1. The van der Waals surface area contributed by atoms with Crippen molar-refractivity contribution in [2.24, 2.45) is 0 Å². The molecule has 0 saturated carbocycles. The fourth-order valence-corrected chi connectivity index (χ4v) is 1.38. The van der Waals surface area contributed by atoms with Crippen molar-refractivity contribution in [2.45, 2.75) is 13.3 Å². The van der Waals surface area contributed by atoms with Crippen molar-refractivity contribution >= 4 is 11.8 Å². The van der Waals surface area contributed by atoms with Gasteiger partial charge in [-0.05, 0) is 11.5 Å². The van der Waals surface area contributed by atoms with E-state index in [2.05, 4.69) is 25.2 Å². The molecule has 12 heavy (non-hydrogen) atoms. The van der Waals surface area contributed by atoms with Crippen molar-refractivity contribution in [3.63, 3.8) is 0 Å². The Morgan fingerprint density at radius 2 is 2.17 bits per heavy atom. The first-order valence-electron chi connectivity index (χ1n) is 3.27. The van der Waals surface area contributed by atoms with Gasteiger partial charge >= 0.3 is 21.7 Å². The molecule has 1 aliphatic carbocycles. The predicted octanol–water partition coefficient (Wildman–Crippen LogP) is -3.57. The normalized spacial score (nSPS) is 12.2. The zero-order valence-electron chi connectivity index (χ0n) is 6.94. The first-order chi connectivity index (χ1) is 4.43. The monoisotopic (exact) mass is 257 g/mol. The molecule has 0 atom stereocenters. The molecule has 0 aromatic rings. The van der Waals surface area contributed by atoms with E-state index in [0.29, 0.717) is 0 Å². The first-order valence-corrected chi connectivity index (χ1v) is 4.43. The third-order valence-electron chi connectivity index (χ3n) is 1.23. The molecule has 4 heteroatoms. The van der Waals surface area contributed by atoms with Crippen LogP contribution in [0.4, 0.5) is 0 Å². The van der Waals surface area contributed by atoms with Crippen LogP contribution in [0.25, 0.3) is 0 Å². The summed E-state index contributed by atoms with van der Waals surface area (Å²) in [6, 6.07) is 0. The van der Waals surface area contributed by atoms with E-state index in [1.54, 1.807) is 0 Å². The van der Waals surface area contributed by atoms with Gasteiger partial charge in [-0.25, -0.2) is 11.6 Å². The topological polar surface area (TPSA) is 0 Å². The summed E-state index contributed by atoms with van der Waals surface area (Å²) in [6.07, 6.45) is 8.63. The molecule has 0 spiro atoms. The molecule has 0 aliphatic heterocycles. The van der Waals surface area contributed by atoms with E-state index in [4.69, 9.17) is 0 Å². The summed E-state index contributed by atoms with van der Waals surface area (Å²) in [5.41, 5.74) is 1.38. The second-order valence-corrected chi connectivity index (χ2v) is 3.22. The smallest absolute Gasteiger partial charge is 1.00 e. The molecule has 67 valence electrons. The van der Waals surface area contributed by atoms with Gasteiger partial charge < -0.3 is 24.8 Å². The van der Waals surface area contributed by atoms with Gasteiger partial charge in [0.2, 0.25) is 0 Å². The van der Waals surface area contributed by atoms with Gasteiger partial charge in [0.1, 0.15) is 0 Å². The van der Waals surface area contributed by atoms with Crippen LogP contribution in [0.5, 0.6) is 0 Å². The van der Waals surface area contributed by atoms with Crippen LogP contribution in [0.3, 0.4) is 0 Å². The summed E-state index contributed by atoms with van der Waals surface area (Å²) >= 11 is 1.95. The van der Waals surface area contributed by atoms with Gasteiger partial charge in [0.05, 0.1) is 0 Å². The van der Waals surface area contributed by atoms with E-state index in [1.807, 2.05) is 11.8 Å². The Balaban J connectivity index is -0.000000270. The van der Waals surface area contributed by atoms with Crippen LogP contribution in [0, 0.1) is 6.08 Å². The van der Waals surface area contributed by atoms with Gasteiger partial charge in [-0.15, -0.1) is 6.42 Å². The van der Waals surface area contributed by atoms with Gasteiger partial charge in [-0.1, -0.05) is 6.92 Å². The Kier molecular flexibility index (Phi) is 19.0. The summed E-state index contributed by atoms with van der Waals surface area (Å²) < 4.78 is 0. The van der Waals surface area contributed by atoms with Crippen molar-refractivity contribution in [1.29, 1.82) is 0 Å². The van der Waals surface area contributed by atoms with Crippen molar-refractivity contribution in [1.82, 2.24) is 0 Å². The average molecular weight is 258 g/mol. The van der Waals surface area contributed by atoms with Gasteiger partial charge in [0.25, 0.3) is 0 Å². The fourth-order valence-electron chi connectivity index (χ4n) is 0.761. The molecule has 1 rings (SSSR count). The van der Waals surface area contributed by atoms with Crippen LogP contribution < -0.4 is 24.8 Å². The zero-order valence-corrected chi connectivity index (χ0v) is 10.8. The Morgan fingerprint density at radius 3 is 2.58 bits per heavy atom. The molecule has 0 amide bonds. The standard InChI is InChI=1S/C8H11S.2ClH.Ti/c1-2-9-7-8-5-3-4-6-8;;;/h3,5H,2,4,7H2,1H3;2*1H;/q-1;;;+3/p-2. The number of hydrogen-bond acceptors (Lipinski definition) is 1. The molecular weight excluding hydrogens is 247 g/mol. The summed E-state index contributed by atoms with van der Waals surface area (Å²) in [5.74, 6) is 2.35. The van der Waals surface area contributed by atoms with Gasteiger partial charge in [-0.3, -0.25) is 6.08 Å². The van der Waals surface area contributed by atoms with E-state index >= 15 is 0 Å². The molecule has 0 fully saturated rings. The fraction of sp³-hybridized carbons (Fsp3) is 0.500. The predicted molar refractivity (Wildman–Crippen MR) is 43.5 cm³/mol. The number of hydrogen-bond donors (Lipinski definition) is 0. The quantitative estimate of drug-likeness (QED) is 0.373. The molecule has 0 saturated heterocycles. The maximum Gasteiger partial charge on any atom is 3.00 e. The number of halogens is 2. The molecule has 0 aromatic heterocycles. The average Bonchev–Trinajstić information content (AvgIpc) is 2.34. The summed E-state index contributed by atoms with van der Waals surface area (Å²) in [4.78, 5) is 0. The first kappa shape index (κ1) is 18.8. The Labute approximate surface area is 106 Å².